The zero-order valence-electron chi connectivity index (χ0n) is 13.0. The summed E-state index contributed by atoms with van der Waals surface area (Å²) in [4.78, 5) is 0. The van der Waals surface area contributed by atoms with Crippen LogP contribution in [-0.2, 0) is 9.47 Å². The number of aliphatic hydroxyl groups is 1. The lowest BCUT2D eigenvalue weighted by molar-refractivity contribution is 0.0320. The maximum atomic E-state index is 9.81. The molecule has 0 bridgehead atoms. The maximum Gasteiger partial charge on any atom is 0.0897 e. The maximum absolute atomic E-state index is 9.81. The Balaban J connectivity index is 3.47. The quantitative estimate of drug-likeness (QED) is 0.478. The van der Waals surface area contributed by atoms with Crippen LogP contribution in [0.1, 0.15) is 52.4 Å². The van der Waals surface area contributed by atoms with E-state index in [0.717, 1.165) is 25.9 Å². The van der Waals surface area contributed by atoms with E-state index in [2.05, 4.69) is 19.2 Å². The molecule has 0 rings (SSSR count). The van der Waals surface area contributed by atoms with Crippen LogP contribution in [0.15, 0.2) is 0 Å². The predicted molar refractivity (Wildman–Crippen MR) is 79.5 cm³/mol. The van der Waals surface area contributed by atoms with Crippen LogP contribution in [0.25, 0.3) is 0 Å². The highest BCUT2D eigenvalue weighted by molar-refractivity contribution is 4.68. The molecule has 0 heterocycles. The van der Waals surface area contributed by atoms with Crippen molar-refractivity contribution >= 4 is 0 Å². The van der Waals surface area contributed by atoms with Crippen LogP contribution in [0.5, 0.6) is 0 Å². The first-order valence-electron chi connectivity index (χ1n) is 7.72. The molecule has 0 amide bonds. The van der Waals surface area contributed by atoms with E-state index >= 15 is 0 Å². The van der Waals surface area contributed by atoms with Crippen LogP contribution < -0.4 is 5.32 Å². The van der Waals surface area contributed by atoms with Gasteiger partial charge in [0.1, 0.15) is 0 Å². The molecule has 4 nitrogen and oxygen atoms in total. The molecule has 0 aromatic heterocycles. The zero-order chi connectivity index (χ0) is 14.3. The molecule has 0 radical (unpaired) electrons. The summed E-state index contributed by atoms with van der Waals surface area (Å²) in [5, 5.41) is 13.1. The van der Waals surface area contributed by atoms with E-state index in [1.54, 1.807) is 7.11 Å². The third-order valence-electron chi connectivity index (χ3n) is 3.10. The first-order valence-corrected chi connectivity index (χ1v) is 7.72. The van der Waals surface area contributed by atoms with E-state index in [1.165, 1.54) is 19.3 Å². The summed E-state index contributed by atoms with van der Waals surface area (Å²) in [6.07, 6.45) is 6.58. The van der Waals surface area contributed by atoms with Crippen LogP contribution in [0.2, 0.25) is 0 Å². The van der Waals surface area contributed by atoms with Crippen molar-refractivity contribution in [1.29, 1.82) is 0 Å². The van der Waals surface area contributed by atoms with E-state index in [1.807, 2.05) is 0 Å². The average molecular weight is 275 g/mol. The second-order valence-corrected chi connectivity index (χ2v) is 5.14. The van der Waals surface area contributed by atoms with Crippen molar-refractivity contribution in [2.24, 2.45) is 0 Å². The summed E-state index contributed by atoms with van der Waals surface area (Å²) >= 11 is 0. The van der Waals surface area contributed by atoms with Crippen LogP contribution in [0.4, 0.5) is 0 Å². The Morgan fingerprint density at radius 1 is 1.05 bits per heavy atom. The third kappa shape index (κ3) is 12.6. The Morgan fingerprint density at radius 2 is 1.84 bits per heavy atom. The van der Waals surface area contributed by atoms with Crippen LogP contribution in [-0.4, -0.2) is 50.7 Å². The molecule has 0 aliphatic heterocycles. The molecule has 0 saturated heterocycles. The van der Waals surface area contributed by atoms with Crippen LogP contribution in [0, 0.1) is 0 Å². The molecule has 0 aliphatic rings. The summed E-state index contributed by atoms with van der Waals surface area (Å²) in [5.41, 5.74) is 0. The highest BCUT2D eigenvalue weighted by Crippen LogP contribution is 2.00. The summed E-state index contributed by atoms with van der Waals surface area (Å²) < 4.78 is 10.6. The van der Waals surface area contributed by atoms with E-state index in [9.17, 15) is 5.11 Å². The predicted octanol–water partition coefficient (Wildman–Crippen LogP) is 2.35. The van der Waals surface area contributed by atoms with Crippen molar-refractivity contribution in [3.8, 4) is 0 Å². The fourth-order valence-corrected chi connectivity index (χ4v) is 2.01. The minimum atomic E-state index is -0.428. The normalized spacial score (nSPS) is 14.5. The monoisotopic (exact) mass is 275 g/mol. The molecule has 0 fully saturated rings. The standard InChI is InChI=1S/C15H33NO3/c1-4-6-7-8-10-19-13-15(17)11-16-14(9-5-2)12-18-3/h14-17H,4-13H2,1-3H3. The molecule has 0 spiro atoms. The van der Waals surface area contributed by atoms with Gasteiger partial charge < -0.3 is 19.9 Å². The summed E-state index contributed by atoms with van der Waals surface area (Å²) in [7, 11) is 1.71. The van der Waals surface area contributed by atoms with Gasteiger partial charge in [0.25, 0.3) is 0 Å². The highest BCUT2D eigenvalue weighted by Gasteiger charge is 2.10. The summed E-state index contributed by atoms with van der Waals surface area (Å²) in [6, 6.07) is 0.328. The Morgan fingerprint density at radius 3 is 2.47 bits per heavy atom. The fraction of sp³-hybridized carbons (Fsp3) is 1.00. The topological polar surface area (TPSA) is 50.7 Å². The number of nitrogens with one attached hydrogen (secondary N) is 1. The van der Waals surface area contributed by atoms with E-state index < -0.39 is 6.10 Å². The smallest absolute Gasteiger partial charge is 0.0897 e. The van der Waals surface area contributed by atoms with Gasteiger partial charge in [0.2, 0.25) is 0 Å². The summed E-state index contributed by atoms with van der Waals surface area (Å²) in [6.45, 7) is 6.79. The molecule has 2 atom stereocenters. The van der Waals surface area contributed by atoms with Crippen molar-refractivity contribution < 1.29 is 14.6 Å². The Hall–Kier alpha value is -0.160. The third-order valence-corrected chi connectivity index (χ3v) is 3.10. The number of ether oxygens (including phenoxy) is 2. The van der Waals surface area contributed by atoms with Crippen molar-refractivity contribution in [1.82, 2.24) is 5.32 Å². The van der Waals surface area contributed by atoms with Crippen molar-refractivity contribution in [2.75, 3.05) is 33.5 Å². The molecule has 4 heteroatoms. The lowest BCUT2D eigenvalue weighted by Gasteiger charge is -2.19. The van der Waals surface area contributed by atoms with Gasteiger partial charge in [0.05, 0.1) is 19.3 Å². The fourth-order valence-electron chi connectivity index (χ4n) is 2.01. The van der Waals surface area contributed by atoms with Crippen molar-refractivity contribution in [3.63, 3.8) is 0 Å². The molecule has 0 aliphatic carbocycles. The van der Waals surface area contributed by atoms with Crippen molar-refractivity contribution in [3.05, 3.63) is 0 Å². The second kappa shape index (κ2) is 14.3. The minimum Gasteiger partial charge on any atom is -0.389 e. The van der Waals surface area contributed by atoms with E-state index in [4.69, 9.17) is 9.47 Å². The molecular weight excluding hydrogens is 242 g/mol. The van der Waals surface area contributed by atoms with Gasteiger partial charge in [-0.2, -0.15) is 0 Å². The van der Waals surface area contributed by atoms with E-state index in [0.29, 0.717) is 25.8 Å². The number of hydrogen-bond donors (Lipinski definition) is 2. The average Bonchev–Trinajstić information content (AvgIpc) is 2.40. The van der Waals surface area contributed by atoms with Gasteiger partial charge >= 0.3 is 0 Å². The first kappa shape index (κ1) is 18.8. The molecule has 116 valence electrons. The zero-order valence-corrected chi connectivity index (χ0v) is 13.0. The van der Waals surface area contributed by atoms with E-state index in [-0.39, 0.29) is 0 Å². The van der Waals surface area contributed by atoms with Gasteiger partial charge in [-0.1, -0.05) is 39.5 Å². The molecule has 0 saturated carbocycles. The number of methoxy groups -OCH3 is 1. The van der Waals surface area contributed by atoms with Gasteiger partial charge in [-0.05, 0) is 12.8 Å². The highest BCUT2D eigenvalue weighted by atomic mass is 16.5. The minimum absolute atomic E-state index is 0.328. The van der Waals surface area contributed by atoms with Crippen molar-refractivity contribution in [2.45, 2.75) is 64.5 Å². The van der Waals surface area contributed by atoms with Crippen LogP contribution in [0.3, 0.4) is 0 Å². The second-order valence-electron chi connectivity index (χ2n) is 5.14. The molecule has 2 unspecified atom stereocenters. The largest absolute Gasteiger partial charge is 0.389 e. The lowest BCUT2D eigenvalue weighted by atomic mass is 10.2. The molecule has 19 heavy (non-hydrogen) atoms. The van der Waals surface area contributed by atoms with Gasteiger partial charge in [-0.25, -0.2) is 0 Å². The Labute approximate surface area is 118 Å². The van der Waals surface area contributed by atoms with Crippen LogP contribution >= 0.6 is 0 Å². The number of rotatable bonds is 14. The SMILES string of the molecule is CCCCCCOCC(O)CNC(CCC)COC. The Bertz CT molecular complexity index is 173. The Kier molecular flexibility index (Phi) is 14.1. The first-order chi connectivity index (χ1) is 9.24. The van der Waals surface area contributed by atoms with Gasteiger partial charge in [-0.15, -0.1) is 0 Å². The lowest BCUT2D eigenvalue weighted by Crippen LogP contribution is -2.39. The van der Waals surface area contributed by atoms with Gasteiger partial charge in [-0.3, -0.25) is 0 Å². The van der Waals surface area contributed by atoms with Gasteiger partial charge in [0, 0.05) is 26.3 Å². The molecular formula is C15H33NO3. The molecule has 0 aromatic rings. The summed E-state index contributed by atoms with van der Waals surface area (Å²) in [5.74, 6) is 0. The van der Waals surface area contributed by atoms with Gasteiger partial charge in [0.15, 0.2) is 0 Å². The number of hydrogen-bond acceptors (Lipinski definition) is 4. The molecule has 0 aromatic carbocycles. The number of aliphatic hydroxyl groups excluding tert-OH is 1. The molecule has 2 N–H and O–H groups in total. The number of unbranched alkanes of at least 4 members (excludes halogenated alkanes) is 3.